The van der Waals surface area contributed by atoms with E-state index in [1.165, 1.54) is 0 Å². The number of nitrogens with zero attached hydrogens (tertiary/aromatic N) is 3. The summed E-state index contributed by atoms with van der Waals surface area (Å²) < 4.78 is 37.9. The molecule has 0 N–H and O–H groups in total. The largest absolute Gasteiger partial charge is 0.495 e. The Balaban J connectivity index is 1.49. The second-order valence-corrected chi connectivity index (χ2v) is 10.1. The number of rotatable bonds is 4. The lowest BCUT2D eigenvalue weighted by Gasteiger charge is -2.39. The molecule has 0 radical (unpaired) electrons. The molecule has 5 rings (SSSR count). The molecule has 2 saturated heterocycles. The maximum Gasteiger partial charge on any atom is 0.268 e. The van der Waals surface area contributed by atoms with Gasteiger partial charge >= 0.3 is 0 Å². The summed E-state index contributed by atoms with van der Waals surface area (Å²) in [6.07, 6.45) is 0. The highest BCUT2D eigenvalue weighted by Gasteiger charge is 2.44. The van der Waals surface area contributed by atoms with E-state index in [1.807, 2.05) is 35.2 Å². The molecule has 2 fully saturated rings. The molecule has 2 aromatic rings. The number of sulfone groups is 1. The van der Waals surface area contributed by atoms with Crippen LogP contribution in [0.2, 0.25) is 0 Å². The third-order valence-electron chi connectivity index (χ3n) is 6.43. The highest BCUT2D eigenvalue weighted by Crippen LogP contribution is 2.42. The van der Waals surface area contributed by atoms with Crippen molar-refractivity contribution in [1.29, 1.82) is 0 Å². The normalized spacial score (nSPS) is 20.1. The number of hydrogen-bond donors (Lipinski definition) is 0. The van der Waals surface area contributed by atoms with Crippen LogP contribution in [0.5, 0.6) is 5.75 Å². The van der Waals surface area contributed by atoms with Gasteiger partial charge in [-0.1, -0.05) is 30.3 Å². The van der Waals surface area contributed by atoms with Crippen LogP contribution in [0.15, 0.2) is 58.3 Å². The Morgan fingerprint density at radius 3 is 2.24 bits per heavy atom. The van der Waals surface area contributed by atoms with Gasteiger partial charge in [0.2, 0.25) is 9.84 Å². The van der Waals surface area contributed by atoms with Crippen molar-refractivity contribution in [2.45, 2.75) is 4.90 Å². The number of methoxy groups -OCH3 is 1. The number of carbonyl (C=O) groups is 1. The molecular weight excluding hydrogens is 442 g/mol. The molecule has 3 heterocycles. The summed E-state index contributed by atoms with van der Waals surface area (Å²) in [5.74, 6) is 0.374. The van der Waals surface area contributed by atoms with Crippen molar-refractivity contribution in [3.05, 3.63) is 59.0 Å². The molecule has 3 aliphatic heterocycles. The standard InChI is InChI=1S/C24H27N3O5S/c1-31-20-8-4-3-7-19(20)25-10-12-26(13-11-25)22-18-6-2-5-9-21(18)33(29,30)23(22)24(28)27-14-16-32-17-15-27/h2-9H,10-17H2,1H3. The third-order valence-corrected chi connectivity index (χ3v) is 8.27. The number of piperazine rings is 1. The van der Waals surface area contributed by atoms with Gasteiger partial charge in [-0.15, -0.1) is 0 Å². The maximum absolute atomic E-state index is 13.5. The van der Waals surface area contributed by atoms with E-state index in [4.69, 9.17) is 9.47 Å². The fraction of sp³-hybridized carbons (Fsp3) is 0.375. The molecule has 0 unspecified atom stereocenters. The number of hydrogen-bond acceptors (Lipinski definition) is 7. The van der Waals surface area contributed by atoms with Gasteiger partial charge in [0.25, 0.3) is 5.91 Å². The van der Waals surface area contributed by atoms with Crippen molar-refractivity contribution < 1.29 is 22.7 Å². The van der Waals surface area contributed by atoms with E-state index in [2.05, 4.69) is 4.90 Å². The van der Waals surface area contributed by atoms with Crippen molar-refractivity contribution >= 4 is 27.1 Å². The summed E-state index contributed by atoms with van der Waals surface area (Å²) in [5, 5.41) is 0. The Labute approximate surface area is 193 Å². The molecule has 33 heavy (non-hydrogen) atoms. The van der Waals surface area contributed by atoms with Crippen molar-refractivity contribution in [2.75, 3.05) is 64.5 Å². The van der Waals surface area contributed by atoms with Crippen LogP contribution >= 0.6 is 0 Å². The minimum Gasteiger partial charge on any atom is -0.495 e. The average Bonchev–Trinajstić information content (AvgIpc) is 3.11. The molecule has 0 bridgehead atoms. The van der Waals surface area contributed by atoms with Crippen LogP contribution in [-0.2, 0) is 19.4 Å². The molecule has 0 spiro atoms. The zero-order chi connectivity index (χ0) is 23.0. The lowest BCUT2D eigenvalue weighted by Crippen LogP contribution is -2.47. The Morgan fingerprint density at radius 1 is 0.879 bits per heavy atom. The minimum atomic E-state index is -3.90. The molecule has 174 valence electrons. The number of fused-ring (bicyclic) bond motifs is 1. The quantitative estimate of drug-likeness (QED) is 0.676. The number of benzene rings is 2. The van der Waals surface area contributed by atoms with Crippen LogP contribution in [0.25, 0.3) is 5.70 Å². The van der Waals surface area contributed by atoms with Crippen LogP contribution in [0, 0.1) is 0 Å². The van der Waals surface area contributed by atoms with E-state index in [1.54, 1.807) is 30.2 Å². The van der Waals surface area contributed by atoms with Gasteiger partial charge < -0.3 is 24.2 Å². The molecule has 1 amide bonds. The van der Waals surface area contributed by atoms with Crippen LogP contribution in [0.4, 0.5) is 5.69 Å². The molecule has 0 atom stereocenters. The van der Waals surface area contributed by atoms with Gasteiger partial charge in [0.15, 0.2) is 4.91 Å². The van der Waals surface area contributed by atoms with Crippen LogP contribution in [-0.4, -0.2) is 83.7 Å². The predicted molar refractivity (Wildman–Crippen MR) is 125 cm³/mol. The lowest BCUT2D eigenvalue weighted by atomic mass is 10.1. The summed E-state index contributed by atoms with van der Waals surface area (Å²) in [7, 11) is -2.24. The van der Waals surface area contributed by atoms with E-state index in [9.17, 15) is 13.2 Å². The van der Waals surface area contributed by atoms with E-state index in [0.717, 1.165) is 11.4 Å². The lowest BCUT2D eigenvalue weighted by molar-refractivity contribution is -0.130. The number of ether oxygens (including phenoxy) is 2. The summed E-state index contributed by atoms with van der Waals surface area (Å²) in [6.45, 7) is 4.18. The molecule has 0 aliphatic carbocycles. The van der Waals surface area contributed by atoms with Gasteiger partial charge in [-0.3, -0.25) is 4.79 Å². The number of carbonyl (C=O) groups excluding carboxylic acids is 1. The number of para-hydroxylation sites is 2. The van der Waals surface area contributed by atoms with Gasteiger partial charge in [-0.2, -0.15) is 0 Å². The first-order chi connectivity index (χ1) is 16.0. The number of morpholine rings is 1. The van der Waals surface area contributed by atoms with Gasteiger partial charge in [-0.05, 0) is 18.2 Å². The maximum atomic E-state index is 13.5. The highest BCUT2D eigenvalue weighted by atomic mass is 32.2. The number of amides is 1. The SMILES string of the molecule is COc1ccccc1N1CCN(C2=C(C(=O)N3CCOCC3)S(=O)(=O)c3ccccc32)CC1. The second-order valence-electron chi connectivity index (χ2n) is 8.23. The Hall–Kier alpha value is -3.04. The predicted octanol–water partition coefficient (Wildman–Crippen LogP) is 1.83. The third kappa shape index (κ3) is 3.75. The Kier molecular flexibility index (Phi) is 5.76. The van der Waals surface area contributed by atoms with Crippen molar-refractivity contribution in [1.82, 2.24) is 9.80 Å². The summed E-state index contributed by atoms with van der Waals surface area (Å²) in [6, 6.07) is 14.8. The van der Waals surface area contributed by atoms with Crippen molar-refractivity contribution in [3.8, 4) is 5.75 Å². The van der Waals surface area contributed by atoms with Crippen LogP contribution in [0.3, 0.4) is 0 Å². The monoisotopic (exact) mass is 469 g/mol. The van der Waals surface area contributed by atoms with Crippen LogP contribution in [0.1, 0.15) is 5.56 Å². The first-order valence-corrected chi connectivity index (χ1v) is 12.6. The summed E-state index contributed by atoms with van der Waals surface area (Å²) in [5.41, 5.74) is 2.15. The first-order valence-electron chi connectivity index (χ1n) is 11.1. The summed E-state index contributed by atoms with van der Waals surface area (Å²) in [4.78, 5) is 19.5. The van der Waals surface area contributed by atoms with Gasteiger partial charge in [0.1, 0.15) is 5.75 Å². The zero-order valence-electron chi connectivity index (χ0n) is 18.6. The second kappa shape index (κ2) is 8.72. The minimum absolute atomic E-state index is 0.101. The van der Waals surface area contributed by atoms with E-state index in [0.29, 0.717) is 63.7 Å². The van der Waals surface area contributed by atoms with E-state index in [-0.39, 0.29) is 9.80 Å². The van der Waals surface area contributed by atoms with E-state index < -0.39 is 15.7 Å². The van der Waals surface area contributed by atoms with Crippen LogP contribution < -0.4 is 9.64 Å². The molecule has 3 aliphatic rings. The Bertz CT molecular complexity index is 1200. The molecule has 9 heteroatoms. The van der Waals surface area contributed by atoms with Gasteiger partial charge in [0.05, 0.1) is 36.6 Å². The highest BCUT2D eigenvalue weighted by molar-refractivity contribution is 7.97. The van der Waals surface area contributed by atoms with Crippen molar-refractivity contribution in [3.63, 3.8) is 0 Å². The first kappa shape index (κ1) is 21.8. The smallest absolute Gasteiger partial charge is 0.268 e. The molecule has 2 aromatic carbocycles. The zero-order valence-corrected chi connectivity index (χ0v) is 19.4. The summed E-state index contributed by atoms with van der Waals surface area (Å²) >= 11 is 0. The fourth-order valence-corrected chi connectivity index (χ4v) is 6.54. The van der Waals surface area contributed by atoms with Crippen molar-refractivity contribution in [2.24, 2.45) is 0 Å². The fourth-order valence-electron chi connectivity index (χ4n) is 4.76. The number of anilines is 1. The topological polar surface area (TPSA) is 79.4 Å². The molecular formula is C24H27N3O5S. The molecule has 8 nitrogen and oxygen atoms in total. The molecule has 0 aromatic heterocycles. The van der Waals surface area contributed by atoms with E-state index >= 15 is 0 Å². The average molecular weight is 470 g/mol. The van der Waals surface area contributed by atoms with Gasteiger partial charge in [-0.25, -0.2) is 8.42 Å². The van der Waals surface area contributed by atoms with Gasteiger partial charge in [0, 0.05) is 44.8 Å². The molecule has 0 saturated carbocycles. The Morgan fingerprint density at radius 2 is 1.52 bits per heavy atom.